The Morgan fingerprint density at radius 3 is 2.62 bits per heavy atom. The Balaban J connectivity index is 2.91. The first-order valence-corrected chi connectivity index (χ1v) is 4.05. The van der Waals surface area contributed by atoms with E-state index < -0.39 is 17.7 Å². The molecule has 0 bridgehead atoms. The minimum atomic E-state index is -0.527. The maximum Gasteiger partial charge on any atom is 0.128 e. The van der Waals surface area contributed by atoms with E-state index in [-0.39, 0.29) is 5.56 Å². The topological polar surface area (TPSA) is 52.0 Å². The lowest BCUT2D eigenvalue weighted by molar-refractivity contribution is 0.551. The van der Waals surface area contributed by atoms with Crippen molar-refractivity contribution in [1.29, 1.82) is 0 Å². The zero-order chi connectivity index (χ0) is 9.84. The van der Waals surface area contributed by atoms with Crippen LogP contribution in [0, 0.1) is 11.6 Å². The van der Waals surface area contributed by atoms with Crippen LogP contribution in [-0.2, 0) is 0 Å². The summed E-state index contributed by atoms with van der Waals surface area (Å²) >= 11 is 0. The zero-order valence-corrected chi connectivity index (χ0v) is 7.13. The molecule has 0 saturated heterocycles. The molecule has 0 radical (unpaired) electrons. The molecule has 0 aromatic heterocycles. The SMILES string of the molecule is NCC[C@@H](N)c1cc(F)ccc1F. The van der Waals surface area contributed by atoms with Crippen LogP contribution in [0.1, 0.15) is 18.0 Å². The number of hydrogen-bond donors (Lipinski definition) is 2. The van der Waals surface area contributed by atoms with Gasteiger partial charge in [0.05, 0.1) is 0 Å². The molecule has 0 aliphatic heterocycles. The molecule has 1 atom stereocenters. The summed E-state index contributed by atoms with van der Waals surface area (Å²) in [6, 6.07) is 2.71. The Hall–Kier alpha value is -1.00. The molecule has 4 N–H and O–H groups in total. The molecule has 0 saturated carbocycles. The summed E-state index contributed by atoms with van der Waals surface area (Å²) in [7, 11) is 0. The van der Waals surface area contributed by atoms with E-state index in [9.17, 15) is 8.78 Å². The van der Waals surface area contributed by atoms with E-state index in [1.807, 2.05) is 0 Å². The van der Waals surface area contributed by atoms with Gasteiger partial charge in [-0.2, -0.15) is 0 Å². The highest BCUT2D eigenvalue weighted by molar-refractivity contribution is 5.21. The van der Waals surface area contributed by atoms with Gasteiger partial charge in [0, 0.05) is 11.6 Å². The molecule has 0 unspecified atom stereocenters. The van der Waals surface area contributed by atoms with Crippen LogP contribution in [0.4, 0.5) is 8.78 Å². The quantitative estimate of drug-likeness (QED) is 0.747. The van der Waals surface area contributed by atoms with E-state index in [4.69, 9.17) is 11.5 Å². The fourth-order valence-corrected chi connectivity index (χ4v) is 1.13. The predicted molar refractivity (Wildman–Crippen MR) is 47.0 cm³/mol. The number of rotatable bonds is 3. The summed E-state index contributed by atoms with van der Waals surface area (Å²) in [5.74, 6) is -0.966. The van der Waals surface area contributed by atoms with Crippen LogP contribution < -0.4 is 11.5 Å². The lowest BCUT2D eigenvalue weighted by atomic mass is 10.0. The van der Waals surface area contributed by atoms with Crippen LogP contribution in [0.5, 0.6) is 0 Å². The molecule has 0 fully saturated rings. The Morgan fingerprint density at radius 2 is 2.00 bits per heavy atom. The van der Waals surface area contributed by atoms with Crippen molar-refractivity contribution >= 4 is 0 Å². The minimum Gasteiger partial charge on any atom is -0.330 e. The van der Waals surface area contributed by atoms with Crippen molar-refractivity contribution in [3.63, 3.8) is 0 Å². The maximum atomic E-state index is 13.1. The van der Waals surface area contributed by atoms with Gasteiger partial charge in [0.2, 0.25) is 0 Å². The summed E-state index contributed by atoms with van der Waals surface area (Å²) in [6.07, 6.45) is 0.445. The number of nitrogens with two attached hydrogens (primary N) is 2. The highest BCUT2D eigenvalue weighted by Crippen LogP contribution is 2.18. The van der Waals surface area contributed by atoms with Crippen molar-refractivity contribution in [3.8, 4) is 0 Å². The second kappa shape index (κ2) is 4.30. The monoisotopic (exact) mass is 186 g/mol. The van der Waals surface area contributed by atoms with Gasteiger partial charge >= 0.3 is 0 Å². The summed E-state index contributed by atoms with van der Waals surface area (Å²) in [4.78, 5) is 0. The smallest absolute Gasteiger partial charge is 0.128 e. The number of hydrogen-bond acceptors (Lipinski definition) is 2. The summed E-state index contributed by atoms with van der Waals surface area (Å²) < 4.78 is 25.8. The van der Waals surface area contributed by atoms with Crippen molar-refractivity contribution in [2.75, 3.05) is 6.54 Å². The van der Waals surface area contributed by atoms with E-state index in [1.165, 1.54) is 0 Å². The fourth-order valence-electron chi connectivity index (χ4n) is 1.13. The van der Waals surface area contributed by atoms with Crippen LogP contribution in [0.25, 0.3) is 0 Å². The first-order valence-electron chi connectivity index (χ1n) is 4.05. The largest absolute Gasteiger partial charge is 0.330 e. The van der Waals surface area contributed by atoms with Crippen molar-refractivity contribution in [1.82, 2.24) is 0 Å². The molecule has 0 aliphatic carbocycles. The summed E-state index contributed by atoms with van der Waals surface area (Å²) in [6.45, 7) is 0.358. The van der Waals surface area contributed by atoms with Gasteiger partial charge in [-0.05, 0) is 31.2 Å². The summed E-state index contributed by atoms with van der Waals surface area (Å²) in [5.41, 5.74) is 11.0. The molecule has 1 aromatic rings. The zero-order valence-electron chi connectivity index (χ0n) is 7.13. The molecule has 0 spiro atoms. The Morgan fingerprint density at radius 1 is 1.31 bits per heavy atom. The van der Waals surface area contributed by atoms with Gasteiger partial charge in [-0.3, -0.25) is 0 Å². The predicted octanol–water partition coefficient (Wildman–Crippen LogP) is 1.31. The van der Waals surface area contributed by atoms with E-state index in [0.29, 0.717) is 13.0 Å². The third-order valence-corrected chi connectivity index (χ3v) is 1.84. The standard InChI is InChI=1S/C9H12F2N2/c10-6-1-2-8(11)7(5-6)9(13)3-4-12/h1-2,5,9H,3-4,12-13H2/t9-/m1/s1. The van der Waals surface area contributed by atoms with E-state index >= 15 is 0 Å². The average Bonchev–Trinajstić information content (AvgIpc) is 2.09. The van der Waals surface area contributed by atoms with Crippen LogP contribution in [-0.4, -0.2) is 6.54 Å². The van der Waals surface area contributed by atoms with E-state index in [0.717, 1.165) is 18.2 Å². The van der Waals surface area contributed by atoms with Gasteiger partial charge in [-0.25, -0.2) is 8.78 Å². The third-order valence-electron chi connectivity index (χ3n) is 1.84. The lowest BCUT2D eigenvalue weighted by Crippen LogP contribution is -2.16. The molecule has 1 aromatic carbocycles. The highest BCUT2D eigenvalue weighted by Gasteiger charge is 2.11. The van der Waals surface area contributed by atoms with Crippen LogP contribution in [0.15, 0.2) is 18.2 Å². The van der Waals surface area contributed by atoms with Gasteiger partial charge in [0.25, 0.3) is 0 Å². The highest BCUT2D eigenvalue weighted by atomic mass is 19.1. The van der Waals surface area contributed by atoms with Gasteiger partial charge in [-0.1, -0.05) is 0 Å². The Labute approximate surface area is 75.5 Å². The summed E-state index contributed by atoms with van der Waals surface area (Å²) in [5, 5.41) is 0. The maximum absolute atomic E-state index is 13.1. The van der Waals surface area contributed by atoms with Gasteiger partial charge < -0.3 is 11.5 Å². The van der Waals surface area contributed by atoms with Crippen LogP contribution >= 0.6 is 0 Å². The van der Waals surface area contributed by atoms with Crippen LogP contribution in [0.2, 0.25) is 0 Å². The number of benzene rings is 1. The van der Waals surface area contributed by atoms with E-state index in [1.54, 1.807) is 0 Å². The van der Waals surface area contributed by atoms with Crippen molar-refractivity contribution in [3.05, 3.63) is 35.4 Å². The van der Waals surface area contributed by atoms with Crippen molar-refractivity contribution in [2.45, 2.75) is 12.5 Å². The first kappa shape index (κ1) is 10.1. The molecule has 0 heterocycles. The van der Waals surface area contributed by atoms with Crippen molar-refractivity contribution in [2.24, 2.45) is 11.5 Å². The second-order valence-electron chi connectivity index (χ2n) is 2.85. The fraction of sp³-hybridized carbons (Fsp3) is 0.333. The second-order valence-corrected chi connectivity index (χ2v) is 2.85. The van der Waals surface area contributed by atoms with Gasteiger partial charge in [0.1, 0.15) is 11.6 Å². The van der Waals surface area contributed by atoms with Crippen LogP contribution in [0.3, 0.4) is 0 Å². The Bertz CT molecular complexity index is 289. The molecule has 1 rings (SSSR count). The Kier molecular flexibility index (Phi) is 3.33. The molecular weight excluding hydrogens is 174 g/mol. The third kappa shape index (κ3) is 2.47. The normalized spacial score (nSPS) is 12.9. The molecule has 0 aliphatic rings. The molecular formula is C9H12F2N2. The number of halogens is 2. The van der Waals surface area contributed by atoms with Crippen molar-refractivity contribution < 1.29 is 8.78 Å². The lowest BCUT2D eigenvalue weighted by Gasteiger charge is -2.11. The molecule has 72 valence electrons. The van der Waals surface area contributed by atoms with E-state index in [2.05, 4.69) is 0 Å². The van der Waals surface area contributed by atoms with Gasteiger partial charge in [-0.15, -0.1) is 0 Å². The molecule has 0 amide bonds. The average molecular weight is 186 g/mol. The molecule has 2 nitrogen and oxygen atoms in total. The minimum absolute atomic E-state index is 0.186. The van der Waals surface area contributed by atoms with Gasteiger partial charge in [0.15, 0.2) is 0 Å². The molecule has 13 heavy (non-hydrogen) atoms. The first-order chi connectivity index (χ1) is 6.15. The molecule has 4 heteroatoms.